The van der Waals surface area contributed by atoms with E-state index in [9.17, 15) is 19.2 Å². The molecule has 0 aliphatic heterocycles. The van der Waals surface area contributed by atoms with Crippen LogP contribution < -0.4 is 5.32 Å². The van der Waals surface area contributed by atoms with E-state index in [1.54, 1.807) is 24.3 Å². The lowest BCUT2D eigenvalue weighted by Gasteiger charge is -2.13. The lowest BCUT2D eigenvalue weighted by Crippen LogP contribution is -2.41. The van der Waals surface area contributed by atoms with Gasteiger partial charge in [0.25, 0.3) is 0 Å². The van der Waals surface area contributed by atoms with Gasteiger partial charge in [-0.25, -0.2) is 4.79 Å². The summed E-state index contributed by atoms with van der Waals surface area (Å²) in [4.78, 5) is 45.1. The Kier molecular flexibility index (Phi) is 6.92. The molecule has 1 aromatic carbocycles. The van der Waals surface area contributed by atoms with Gasteiger partial charge in [-0.15, -0.1) is 0 Å². The zero-order valence-electron chi connectivity index (χ0n) is 12.7. The van der Waals surface area contributed by atoms with Crippen LogP contribution in [0.15, 0.2) is 24.3 Å². The first-order valence-electron chi connectivity index (χ1n) is 7.13. The number of benzene rings is 1. The molecular formula is C16H19NO6. The molecule has 1 rings (SSSR count). The number of nitrogens with one attached hydrogen (secondary N) is 1. The van der Waals surface area contributed by atoms with E-state index in [2.05, 4.69) is 5.32 Å². The van der Waals surface area contributed by atoms with E-state index in [0.29, 0.717) is 5.56 Å². The number of amides is 1. The second-order valence-corrected chi connectivity index (χ2v) is 5.18. The van der Waals surface area contributed by atoms with Crippen molar-refractivity contribution in [3.05, 3.63) is 35.4 Å². The van der Waals surface area contributed by atoms with E-state index in [-0.39, 0.29) is 31.5 Å². The normalized spacial score (nSPS) is 11.5. The first-order chi connectivity index (χ1) is 10.8. The maximum Gasteiger partial charge on any atom is 0.326 e. The van der Waals surface area contributed by atoms with Gasteiger partial charge in [0, 0.05) is 24.8 Å². The summed E-state index contributed by atoms with van der Waals surface area (Å²) < 4.78 is 0. The van der Waals surface area contributed by atoms with Crippen molar-refractivity contribution in [1.82, 2.24) is 5.32 Å². The number of aryl methyl sites for hydroxylation is 1. The average molecular weight is 321 g/mol. The minimum atomic E-state index is -1.30. The summed E-state index contributed by atoms with van der Waals surface area (Å²) >= 11 is 0. The number of rotatable bonds is 9. The number of aliphatic carboxylic acids is 2. The molecule has 1 atom stereocenters. The van der Waals surface area contributed by atoms with E-state index >= 15 is 0 Å². The van der Waals surface area contributed by atoms with Crippen LogP contribution in [0.4, 0.5) is 0 Å². The van der Waals surface area contributed by atoms with Gasteiger partial charge in [-0.1, -0.05) is 29.8 Å². The second-order valence-electron chi connectivity index (χ2n) is 5.18. The summed E-state index contributed by atoms with van der Waals surface area (Å²) in [6, 6.07) is 5.65. The number of Topliss-reactive ketones (excluding diaryl/α,β-unsaturated/α-hetero) is 1. The SMILES string of the molecule is Cc1ccc(C(=O)CCC(=O)N[C@@H](CCC(=O)O)C(=O)O)cc1. The van der Waals surface area contributed by atoms with Crippen LogP contribution >= 0.6 is 0 Å². The lowest BCUT2D eigenvalue weighted by atomic mass is 10.0. The highest BCUT2D eigenvalue weighted by atomic mass is 16.4. The molecule has 7 heteroatoms. The highest BCUT2D eigenvalue weighted by molar-refractivity contribution is 5.98. The van der Waals surface area contributed by atoms with Crippen LogP contribution in [0, 0.1) is 6.92 Å². The van der Waals surface area contributed by atoms with E-state index < -0.39 is 23.9 Å². The zero-order valence-corrected chi connectivity index (χ0v) is 12.7. The Hall–Kier alpha value is -2.70. The second kappa shape index (κ2) is 8.67. The van der Waals surface area contributed by atoms with Crippen molar-refractivity contribution in [2.75, 3.05) is 0 Å². The summed E-state index contributed by atoms with van der Waals surface area (Å²) in [6.45, 7) is 1.89. The molecule has 0 saturated carbocycles. The molecule has 7 nitrogen and oxygen atoms in total. The smallest absolute Gasteiger partial charge is 0.326 e. The highest BCUT2D eigenvalue weighted by Gasteiger charge is 2.21. The molecule has 0 unspecified atom stereocenters. The Bertz CT molecular complexity index is 593. The topological polar surface area (TPSA) is 121 Å². The highest BCUT2D eigenvalue weighted by Crippen LogP contribution is 2.08. The summed E-state index contributed by atoms with van der Waals surface area (Å²) in [7, 11) is 0. The van der Waals surface area contributed by atoms with Gasteiger partial charge in [-0.3, -0.25) is 14.4 Å². The van der Waals surface area contributed by atoms with Crippen molar-refractivity contribution >= 4 is 23.6 Å². The number of carbonyl (C=O) groups is 4. The van der Waals surface area contributed by atoms with Crippen molar-refractivity contribution in [2.24, 2.45) is 0 Å². The molecule has 3 N–H and O–H groups in total. The summed E-state index contributed by atoms with van der Waals surface area (Å²) in [5.41, 5.74) is 1.51. The molecule has 0 spiro atoms. The number of hydrogen-bond donors (Lipinski definition) is 3. The largest absolute Gasteiger partial charge is 0.481 e. The molecule has 0 fully saturated rings. The maximum absolute atomic E-state index is 11.9. The molecule has 0 bridgehead atoms. The number of carboxylic acid groups (broad SMARTS) is 2. The van der Waals surface area contributed by atoms with Crippen molar-refractivity contribution in [1.29, 1.82) is 0 Å². The molecule has 0 aliphatic rings. The van der Waals surface area contributed by atoms with E-state index in [1.165, 1.54) is 0 Å². The Balaban J connectivity index is 2.48. The Morgan fingerprint density at radius 3 is 2.13 bits per heavy atom. The third kappa shape index (κ3) is 6.73. The molecule has 0 saturated heterocycles. The van der Waals surface area contributed by atoms with Crippen molar-refractivity contribution in [3.63, 3.8) is 0 Å². The molecule has 0 aliphatic carbocycles. The predicted octanol–water partition coefficient (Wildman–Crippen LogP) is 1.39. The van der Waals surface area contributed by atoms with Crippen LogP contribution in [0.2, 0.25) is 0 Å². The fraction of sp³-hybridized carbons (Fsp3) is 0.375. The molecule has 23 heavy (non-hydrogen) atoms. The molecule has 124 valence electrons. The van der Waals surface area contributed by atoms with Gasteiger partial charge in [-0.2, -0.15) is 0 Å². The van der Waals surface area contributed by atoms with Crippen LogP contribution in [0.3, 0.4) is 0 Å². The molecule has 0 radical (unpaired) electrons. The maximum atomic E-state index is 11.9. The quantitative estimate of drug-likeness (QED) is 0.591. The third-order valence-corrected chi connectivity index (χ3v) is 3.23. The molecule has 1 aromatic rings. The Morgan fingerprint density at radius 1 is 1.00 bits per heavy atom. The van der Waals surface area contributed by atoms with Gasteiger partial charge in [0.2, 0.25) is 5.91 Å². The van der Waals surface area contributed by atoms with Crippen LogP contribution in [0.25, 0.3) is 0 Å². The first-order valence-corrected chi connectivity index (χ1v) is 7.13. The van der Waals surface area contributed by atoms with Crippen molar-refractivity contribution in [2.45, 2.75) is 38.6 Å². The minimum Gasteiger partial charge on any atom is -0.481 e. The van der Waals surface area contributed by atoms with E-state index in [1.807, 2.05) is 6.92 Å². The van der Waals surface area contributed by atoms with Gasteiger partial charge in [0.05, 0.1) is 0 Å². The summed E-state index contributed by atoms with van der Waals surface area (Å²) in [6.07, 6.45) is -0.758. The lowest BCUT2D eigenvalue weighted by molar-refractivity contribution is -0.143. The van der Waals surface area contributed by atoms with Gasteiger partial charge < -0.3 is 15.5 Å². The first kappa shape index (κ1) is 18.3. The predicted molar refractivity (Wildman–Crippen MR) is 81.2 cm³/mol. The number of carbonyl (C=O) groups excluding carboxylic acids is 2. The van der Waals surface area contributed by atoms with E-state index in [0.717, 1.165) is 5.56 Å². The Labute approximate surface area is 133 Å². The Morgan fingerprint density at radius 2 is 1.61 bits per heavy atom. The van der Waals surface area contributed by atoms with Crippen LogP contribution in [-0.2, 0) is 14.4 Å². The van der Waals surface area contributed by atoms with E-state index in [4.69, 9.17) is 10.2 Å². The monoisotopic (exact) mass is 321 g/mol. The third-order valence-electron chi connectivity index (χ3n) is 3.23. The minimum absolute atomic E-state index is 0.0415. The standard InChI is InChI=1S/C16H19NO6/c1-10-2-4-11(5-3-10)13(18)7-8-14(19)17-12(16(22)23)6-9-15(20)21/h2-5,12H,6-9H2,1H3,(H,17,19)(H,20,21)(H,22,23)/t12-/m0/s1. The van der Waals surface area contributed by atoms with Crippen LogP contribution in [0.1, 0.15) is 41.6 Å². The average Bonchev–Trinajstić information content (AvgIpc) is 2.49. The van der Waals surface area contributed by atoms with Crippen molar-refractivity contribution < 1.29 is 29.4 Å². The summed E-state index contributed by atoms with van der Waals surface area (Å²) in [5.74, 6) is -3.25. The molecular weight excluding hydrogens is 302 g/mol. The van der Waals surface area contributed by atoms with Crippen molar-refractivity contribution in [3.8, 4) is 0 Å². The molecule has 0 aromatic heterocycles. The van der Waals surface area contributed by atoms with Gasteiger partial charge in [0.1, 0.15) is 6.04 Å². The van der Waals surface area contributed by atoms with Gasteiger partial charge >= 0.3 is 11.9 Å². The van der Waals surface area contributed by atoms with Gasteiger partial charge in [0.15, 0.2) is 5.78 Å². The van der Waals surface area contributed by atoms with Crippen LogP contribution in [0.5, 0.6) is 0 Å². The molecule has 1 amide bonds. The fourth-order valence-corrected chi connectivity index (χ4v) is 1.90. The number of hydrogen-bond acceptors (Lipinski definition) is 4. The van der Waals surface area contributed by atoms with Crippen LogP contribution in [-0.4, -0.2) is 39.9 Å². The summed E-state index contributed by atoms with van der Waals surface area (Å²) in [5, 5.41) is 19.7. The number of ketones is 1. The zero-order chi connectivity index (χ0) is 17.4. The fourth-order valence-electron chi connectivity index (χ4n) is 1.90. The number of carboxylic acids is 2. The van der Waals surface area contributed by atoms with Gasteiger partial charge in [-0.05, 0) is 13.3 Å². The molecule has 0 heterocycles.